The van der Waals surface area contributed by atoms with Crippen molar-refractivity contribution >= 4 is 16.7 Å². The zero-order chi connectivity index (χ0) is 17.1. The lowest BCUT2D eigenvalue weighted by atomic mass is 10.1. The van der Waals surface area contributed by atoms with Gasteiger partial charge in [0.15, 0.2) is 0 Å². The molecular formula is C18H22N2O4. The van der Waals surface area contributed by atoms with E-state index in [4.69, 9.17) is 19.9 Å². The number of amides is 1. The van der Waals surface area contributed by atoms with E-state index in [2.05, 4.69) is 4.98 Å². The second kappa shape index (κ2) is 7.05. The van der Waals surface area contributed by atoms with Crippen molar-refractivity contribution in [3.8, 4) is 11.6 Å². The van der Waals surface area contributed by atoms with E-state index in [-0.39, 0.29) is 6.10 Å². The molecule has 1 amide bonds. The molecule has 1 aliphatic heterocycles. The summed E-state index contributed by atoms with van der Waals surface area (Å²) < 4.78 is 17.0. The molecule has 1 aliphatic rings. The van der Waals surface area contributed by atoms with Crippen LogP contribution in [0.25, 0.3) is 10.8 Å². The number of aromatic nitrogens is 1. The highest BCUT2D eigenvalue weighted by molar-refractivity contribution is 6.01. The Hall–Kier alpha value is -2.34. The van der Waals surface area contributed by atoms with Crippen LogP contribution in [-0.2, 0) is 4.74 Å². The van der Waals surface area contributed by atoms with Crippen LogP contribution in [0.4, 0.5) is 0 Å². The van der Waals surface area contributed by atoms with E-state index in [1.807, 2.05) is 19.9 Å². The van der Waals surface area contributed by atoms with E-state index in [9.17, 15) is 4.79 Å². The molecule has 1 atom stereocenters. The molecule has 2 N–H and O–H groups in total. The minimum absolute atomic E-state index is 0.0720. The van der Waals surface area contributed by atoms with Crippen molar-refractivity contribution in [2.24, 2.45) is 11.7 Å². The third-order valence-electron chi connectivity index (χ3n) is 3.94. The van der Waals surface area contributed by atoms with Gasteiger partial charge in [-0.2, -0.15) is 0 Å². The van der Waals surface area contributed by atoms with Gasteiger partial charge in [-0.3, -0.25) is 4.79 Å². The number of carbonyl (C=O) groups is 1. The average Bonchev–Trinajstić information content (AvgIpc) is 3.05. The molecule has 0 saturated carbocycles. The lowest BCUT2D eigenvalue weighted by molar-refractivity contribution is 0.0994. The average molecular weight is 330 g/mol. The van der Waals surface area contributed by atoms with Crippen molar-refractivity contribution < 1.29 is 19.0 Å². The maximum absolute atomic E-state index is 11.7. The second-order valence-corrected chi connectivity index (χ2v) is 6.26. The second-order valence-electron chi connectivity index (χ2n) is 6.26. The molecule has 1 saturated heterocycles. The Morgan fingerprint density at radius 3 is 2.96 bits per heavy atom. The Morgan fingerprint density at radius 1 is 1.46 bits per heavy atom. The quantitative estimate of drug-likeness (QED) is 0.880. The maximum atomic E-state index is 11.7. The molecule has 0 bridgehead atoms. The fourth-order valence-corrected chi connectivity index (χ4v) is 2.75. The third kappa shape index (κ3) is 3.59. The van der Waals surface area contributed by atoms with Gasteiger partial charge in [0.05, 0.1) is 24.9 Å². The molecule has 6 nitrogen and oxygen atoms in total. The van der Waals surface area contributed by atoms with Crippen LogP contribution in [0.1, 0.15) is 30.6 Å². The zero-order valence-corrected chi connectivity index (χ0v) is 14.0. The normalized spacial score (nSPS) is 17.4. The number of nitrogens with zero attached hydrogens (tertiary/aromatic N) is 1. The largest absolute Gasteiger partial charge is 0.490 e. The third-order valence-corrected chi connectivity index (χ3v) is 3.94. The lowest BCUT2D eigenvalue weighted by Crippen LogP contribution is -2.16. The topological polar surface area (TPSA) is 83.7 Å². The van der Waals surface area contributed by atoms with Crippen molar-refractivity contribution in [1.82, 2.24) is 4.98 Å². The van der Waals surface area contributed by atoms with Crippen molar-refractivity contribution in [1.29, 1.82) is 0 Å². The zero-order valence-electron chi connectivity index (χ0n) is 14.0. The van der Waals surface area contributed by atoms with Crippen LogP contribution in [0.2, 0.25) is 0 Å². The van der Waals surface area contributed by atoms with Crippen LogP contribution >= 0.6 is 0 Å². The Kier molecular flexibility index (Phi) is 4.85. The predicted molar refractivity (Wildman–Crippen MR) is 90.4 cm³/mol. The molecule has 2 aromatic rings. The van der Waals surface area contributed by atoms with E-state index >= 15 is 0 Å². The molecule has 0 spiro atoms. The molecule has 6 heteroatoms. The van der Waals surface area contributed by atoms with E-state index in [1.165, 1.54) is 0 Å². The Labute approximate surface area is 140 Å². The molecular weight excluding hydrogens is 308 g/mol. The predicted octanol–water partition coefficient (Wildman–Crippen LogP) is 2.54. The van der Waals surface area contributed by atoms with Gasteiger partial charge < -0.3 is 19.9 Å². The summed E-state index contributed by atoms with van der Waals surface area (Å²) in [5, 5.41) is 1.64. The Bertz CT molecular complexity index is 739. The number of hydrogen-bond donors (Lipinski definition) is 1. The maximum Gasteiger partial charge on any atom is 0.252 e. The summed E-state index contributed by atoms with van der Waals surface area (Å²) in [4.78, 5) is 16.0. The fourth-order valence-electron chi connectivity index (χ4n) is 2.75. The van der Waals surface area contributed by atoms with Crippen molar-refractivity contribution in [2.45, 2.75) is 26.4 Å². The van der Waals surface area contributed by atoms with Crippen LogP contribution < -0.4 is 15.2 Å². The molecule has 128 valence electrons. The highest BCUT2D eigenvalue weighted by Crippen LogP contribution is 2.31. The fraction of sp³-hybridized carbons (Fsp3) is 0.444. The lowest BCUT2D eigenvalue weighted by Gasteiger charge is -2.16. The summed E-state index contributed by atoms with van der Waals surface area (Å²) in [6.45, 7) is 5.86. The van der Waals surface area contributed by atoms with Gasteiger partial charge in [0.1, 0.15) is 5.75 Å². The van der Waals surface area contributed by atoms with Gasteiger partial charge in [-0.15, -0.1) is 0 Å². The number of benzene rings is 1. The molecule has 0 unspecified atom stereocenters. The van der Waals surface area contributed by atoms with Crippen LogP contribution in [0.15, 0.2) is 24.4 Å². The number of rotatable bonds is 6. The number of pyridine rings is 1. The Morgan fingerprint density at radius 2 is 2.29 bits per heavy atom. The summed E-state index contributed by atoms with van der Waals surface area (Å²) in [7, 11) is 0. The molecule has 1 aromatic heterocycles. The highest BCUT2D eigenvalue weighted by Gasteiger charge is 2.19. The number of ether oxygens (including phenoxy) is 3. The van der Waals surface area contributed by atoms with Gasteiger partial charge in [0.2, 0.25) is 5.88 Å². The summed E-state index contributed by atoms with van der Waals surface area (Å²) in [6.07, 6.45) is 2.59. The van der Waals surface area contributed by atoms with E-state index in [0.717, 1.165) is 30.4 Å². The van der Waals surface area contributed by atoms with Gasteiger partial charge in [0, 0.05) is 24.1 Å². The number of primary amides is 1. The summed E-state index contributed by atoms with van der Waals surface area (Å²) in [6, 6.07) is 5.33. The van der Waals surface area contributed by atoms with Gasteiger partial charge in [-0.25, -0.2) is 4.98 Å². The van der Waals surface area contributed by atoms with Crippen LogP contribution in [0.3, 0.4) is 0 Å². The first-order chi connectivity index (χ1) is 11.5. The SMILES string of the molecule is CC(C)Oc1cc2c(OC[C@H]3CCOC3)nccc2cc1C(N)=O. The molecule has 1 fully saturated rings. The standard InChI is InChI=1S/C18H22N2O4/c1-11(2)24-16-8-14-13(7-15(16)17(19)21)3-5-20-18(14)23-10-12-4-6-22-9-12/h3,5,7-8,11-12H,4,6,9-10H2,1-2H3,(H2,19,21)/t12-/m0/s1. The summed E-state index contributed by atoms with van der Waals surface area (Å²) in [5.41, 5.74) is 5.84. The minimum Gasteiger partial charge on any atom is -0.490 e. The number of fused-ring (bicyclic) bond motifs is 1. The first-order valence-electron chi connectivity index (χ1n) is 8.14. The van der Waals surface area contributed by atoms with E-state index in [1.54, 1.807) is 18.3 Å². The van der Waals surface area contributed by atoms with Crippen molar-refractivity contribution in [3.63, 3.8) is 0 Å². The van der Waals surface area contributed by atoms with Crippen molar-refractivity contribution in [3.05, 3.63) is 30.0 Å². The Balaban J connectivity index is 1.95. The monoisotopic (exact) mass is 330 g/mol. The minimum atomic E-state index is -0.519. The van der Waals surface area contributed by atoms with Gasteiger partial charge in [-0.05, 0) is 43.9 Å². The van der Waals surface area contributed by atoms with Gasteiger partial charge in [0.25, 0.3) is 5.91 Å². The van der Waals surface area contributed by atoms with Gasteiger partial charge in [-0.1, -0.05) is 0 Å². The first-order valence-corrected chi connectivity index (χ1v) is 8.14. The first kappa shape index (κ1) is 16.5. The van der Waals surface area contributed by atoms with E-state index in [0.29, 0.717) is 29.7 Å². The summed E-state index contributed by atoms with van der Waals surface area (Å²) >= 11 is 0. The molecule has 1 aromatic carbocycles. The molecule has 0 aliphatic carbocycles. The smallest absolute Gasteiger partial charge is 0.252 e. The van der Waals surface area contributed by atoms with Gasteiger partial charge >= 0.3 is 0 Å². The number of hydrogen-bond acceptors (Lipinski definition) is 5. The molecule has 0 radical (unpaired) electrons. The van der Waals surface area contributed by atoms with Crippen LogP contribution in [0.5, 0.6) is 11.6 Å². The molecule has 3 rings (SSSR count). The van der Waals surface area contributed by atoms with E-state index < -0.39 is 5.91 Å². The number of nitrogens with two attached hydrogens (primary N) is 1. The van der Waals surface area contributed by atoms with Crippen LogP contribution in [0, 0.1) is 5.92 Å². The molecule has 2 heterocycles. The van der Waals surface area contributed by atoms with Crippen LogP contribution in [-0.4, -0.2) is 36.8 Å². The van der Waals surface area contributed by atoms with Crippen molar-refractivity contribution in [2.75, 3.05) is 19.8 Å². The molecule has 24 heavy (non-hydrogen) atoms. The number of carbonyl (C=O) groups excluding carboxylic acids is 1. The summed E-state index contributed by atoms with van der Waals surface area (Å²) in [5.74, 6) is 0.851. The highest BCUT2D eigenvalue weighted by atomic mass is 16.5.